The first-order valence-electron chi connectivity index (χ1n) is 8.39. The van der Waals surface area contributed by atoms with Gasteiger partial charge < -0.3 is 15.5 Å². The Morgan fingerprint density at radius 2 is 1.91 bits per heavy atom. The Morgan fingerprint density at radius 3 is 2.57 bits per heavy atom. The van der Waals surface area contributed by atoms with E-state index in [1.165, 1.54) is 0 Å². The molecule has 3 rings (SSSR count). The molecule has 5 heteroatoms. The molecule has 0 saturated carbocycles. The van der Waals surface area contributed by atoms with Crippen molar-refractivity contribution in [2.45, 2.75) is 32.2 Å². The second-order valence-corrected chi connectivity index (χ2v) is 7.06. The zero-order valence-electron chi connectivity index (χ0n) is 13.7. The summed E-state index contributed by atoms with van der Waals surface area (Å²) >= 11 is 0. The van der Waals surface area contributed by atoms with E-state index in [4.69, 9.17) is 5.73 Å². The molecule has 5 nitrogen and oxygen atoms in total. The van der Waals surface area contributed by atoms with Crippen molar-refractivity contribution in [3.8, 4) is 0 Å². The summed E-state index contributed by atoms with van der Waals surface area (Å²) < 4.78 is 0. The minimum Gasteiger partial charge on any atom is -0.341 e. The first-order chi connectivity index (χ1) is 11.0. The van der Waals surface area contributed by atoms with Crippen LogP contribution in [0.25, 0.3) is 0 Å². The van der Waals surface area contributed by atoms with E-state index in [0.717, 1.165) is 32.4 Å². The van der Waals surface area contributed by atoms with Crippen LogP contribution in [0.1, 0.15) is 36.5 Å². The summed E-state index contributed by atoms with van der Waals surface area (Å²) in [4.78, 5) is 29.3. The van der Waals surface area contributed by atoms with Crippen LogP contribution in [0.4, 0.5) is 0 Å². The van der Waals surface area contributed by atoms with Gasteiger partial charge in [0.05, 0.1) is 5.41 Å². The average Bonchev–Trinajstić information content (AvgIpc) is 3.00. The quantitative estimate of drug-likeness (QED) is 0.899. The first kappa shape index (κ1) is 16.0. The molecule has 23 heavy (non-hydrogen) atoms. The lowest BCUT2D eigenvalue weighted by Crippen LogP contribution is -2.52. The normalized spacial score (nSPS) is 28.0. The maximum Gasteiger partial charge on any atom is 0.253 e. The maximum absolute atomic E-state index is 12.9. The predicted molar refractivity (Wildman–Crippen MR) is 88.9 cm³/mol. The second-order valence-electron chi connectivity index (χ2n) is 7.06. The van der Waals surface area contributed by atoms with Crippen molar-refractivity contribution in [2.75, 3.05) is 26.2 Å². The summed E-state index contributed by atoms with van der Waals surface area (Å²) in [5.41, 5.74) is 6.12. The molecule has 2 heterocycles. The Morgan fingerprint density at radius 1 is 1.17 bits per heavy atom. The fraction of sp³-hybridized carbons (Fsp3) is 0.556. The van der Waals surface area contributed by atoms with E-state index < -0.39 is 5.41 Å². The zero-order chi connectivity index (χ0) is 16.4. The maximum atomic E-state index is 12.9. The van der Waals surface area contributed by atoms with Gasteiger partial charge in [0.2, 0.25) is 5.91 Å². The fourth-order valence-electron chi connectivity index (χ4n) is 3.70. The van der Waals surface area contributed by atoms with Crippen LogP contribution in [-0.4, -0.2) is 53.8 Å². The van der Waals surface area contributed by atoms with E-state index in [2.05, 4.69) is 0 Å². The predicted octanol–water partition coefficient (Wildman–Crippen LogP) is 1.49. The van der Waals surface area contributed by atoms with Gasteiger partial charge in [-0.25, -0.2) is 0 Å². The number of rotatable bonds is 2. The van der Waals surface area contributed by atoms with Crippen molar-refractivity contribution in [3.05, 3.63) is 35.9 Å². The summed E-state index contributed by atoms with van der Waals surface area (Å²) in [6, 6.07) is 9.39. The SMILES string of the molecule is CC1(C(=O)N2CC[C@@H](N)C2)CCCN(C(=O)c2ccccc2)C1. The van der Waals surface area contributed by atoms with Gasteiger partial charge in [-0.2, -0.15) is 0 Å². The molecular weight excluding hydrogens is 290 g/mol. The van der Waals surface area contributed by atoms with Crippen molar-refractivity contribution in [3.63, 3.8) is 0 Å². The molecule has 2 aliphatic heterocycles. The van der Waals surface area contributed by atoms with Crippen molar-refractivity contribution < 1.29 is 9.59 Å². The van der Waals surface area contributed by atoms with Crippen molar-refractivity contribution in [1.82, 2.24) is 9.80 Å². The molecular formula is C18H25N3O2. The van der Waals surface area contributed by atoms with Crippen molar-refractivity contribution >= 4 is 11.8 Å². The van der Waals surface area contributed by atoms with Gasteiger partial charge in [0.1, 0.15) is 0 Å². The third-order valence-electron chi connectivity index (χ3n) is 5.03. The Balaban J connectivity index is 1.72. The van der Waals surface area contributed by atoms with Crippen LogP contribution in [-0.2, 0) is 4.79 Å². The molecule has 0 aromatic heterocycles. The van der Waals surface area contributed by atoms with Gasteiger partial charge in [-0.1, -0.05) is 18.2 Å². The van der Waals surface area contributed by atoms with Gasteiger partial charge in [-0.15, -0.1) is 0 Å². The van der Waals surface area contributed by atoms with Crippen LogP contribution in [0.15, 0.2) is 30.3 Å². The Labute approximate surface area is 137 Å². The number of amides is 2. The van der Waals surface area contributed by atoms with E-state index in [0.29, 0.717) is 18.7 Å². The lowest BCUT2D eigenvalue weighted by Gasteiger charge is -2.41. The molecule has 1 aromatic rings. The van der Waals surface area contributed by atoms with Crippen LogP contribution in [0.3, 0.4) is 0 Å². The molecule has 2 atom stereocenters. The number of piperidine rings is 1. The van der Waals surface area contributed by atoms with Crippen LogP contribution in [0.5, 0.6) is 0 Å². The van der Waals surface area contributed by atoms with Gasteiger partial charge in [0, 0.05) is 37.8 Å². The molecule has 2 N–H and O–H groups in total. The number of nitrogens with two attached hydrogens (primary N) is 1. The van der Waals surface area contributed by atoms with Gasteiger partial charge >= 0.3 is 0 Å². The van der Waals surface area contributed by atoms with Gasteiger partial charge in [0.15, 0.2) is 0 Å². The molecule has 1 unspecified atom stereocenters. The molecule has 0 bridgehead atoms. The first-order valence-corrected chi connectivity index (χ1v) is 8.39. The number of carbonyl (C=O) groups is 2. The lowest BCUT2D eigenvalue weighted by atomic mass is 9.80. The highest BCUT2D eigenvalue weighted by molar-refractivity contribution is 5.95. The molecule has 124 valence electrons. The van der Waals surface area contributed by atoms with E-state index >= 15 is 0 Å². The second kappa shape index (κ2) is 6.32. The van der Waals surface area contributed by atoms with Crippen LogP contribution < -0.4 is 5.73 Å². The minimum absolute atomic E-state index is 0.0162. The highest BCUT2D eigenvalue weighted by Crippen LogP contribution is 2.33. The molecule has 2 amide bonds. The summed E-state index contributed by atoms with van der Waals surface area (Å²) in [5.74, 6) is 0.165. The summed E-state index contributed by atoms with van der Waals surface area (Å²) in [5, 5.41) is 0. The average molecular weight is 315 g/mol. The molecule has 2 aliphatic rings. The fourth-order valence-corrected chi connectivity index (χ4v) is 3.70. The summed E-state index contributed by atoms with van der Waals surface area (Å²) in [7, 11) is 0. The number of carbonyl (C=O) groups excluding carboxylic acids is 2. The summed E-state index contributed by atoms with van der Waals surface area (Å²) in [6.45, 7) is 4.58. The molecule has 0 radical (unpaired) electrons. The standard InChI is InChI=1S/C18H25N3O2/c1-18(17(23)20-11-8-15(19)12-20)9-5-10-21(13-18)16(22)14-6-3-2-4-7-14/h2-4,6-7,15H,5,8-13,19H2,1H3/t15-,18?/m1/s1. The van der Waals surface area contributed by atoms with Crippen molar-refractivity contribution in [2.24, 2.45) is 11.1 Å². The summed E-state index contributed by atoms with van der Waals surface area (Å²) in [6.07, 6.45) is 2.56. The van der Waals surface area contributed by atoms with E-state index in [1.54, 1.807) is 0 Å². The van der Waals surface area contributed by atoms with Crippen LogP contribution in [0, 0.1) is 5.41 Å². The number of nitrogens with zero attached hydrogens (tertiary/aromatic N) is 2. The topological polar surface area (TPSA) is 66.6 Å². The Hall–Kier alpha value is -1.88. The monoisotopic (exact) mass is 315 g/mol. The van der Waals surface area contributed by atoms with Crippen LogP contribution in [0.2, 0.25) is 0 Å². The molecule has 1 aromatic carbocycles. The number of hydrogen-bond donors (Lipinski definition) is 1. The minimum atomic E-state index is -0.493. The van der Waals surface area contributed by atoms with E-state index in [1.807, 2.05) is 47.1 Å². The van der Waals surface area contributed by atoms with Gasteiger partial charge in [-0.05, 0) is 38.3 Å². The zero-order valence-corrected chi connectivity index (χ0v) is 13.7. The third-order valence-corrected chi connectivity index (χ3v) is 5.03. The largest absolute Gasteiger partial charge is 0.341 e. The number of likely N-dealkylation sites (tertiary alicyclic amines) is 2. The molecule has 0 spiro atoms. The highest BCUT2D eigenvalue weighted by Gasteiger charge is 2.42. The van der Waals surface area contributed by atoms with Crippen LogP contribution >= 0.6 is 0 Å². The van der Waals surface area contributed by atoms with Gasteiger partial charge in [0.25, 0.3) is 5.91 Å². The Kier molecular flexibility index (Phi) is 4.39. The molecule has 2 fully saturated rings. The van der Waals surface area contributed by atoms with Crippen molar-refractivity contribution in [1.29, 1.82) is 0 Å². The number of benzene rings is 1. The van der Waals surface area contributed by atoms with Gasteiger partial charge in [-0.3, -0.25) is 9.59 Å². The number of hydrogen-bond acceptors (Lipinski definition) is 3. The van der Waals surface area contributed by atoms with E-state index in [-0.39, 0.29) is 17.9 Å². The molecule has 2 saturated heterocycles. The Bertz CT molecular complexity index is 589. The molecule has 0 aliphatic carbocycles. The highest BCUT2D eigenvalue weighted by atomic mass is 16.2. The smallest absolute Gasteiger partial charge is 0.253 e. The van der Waals surface area contributed by atoms with E-state index in [9.17, 15) is 9.59 Å². The lowest BCUT2D eigenvalue weighted by molar-refractivity contribution is -0.142. The third kappa shape index (κ3) is 3.24.